The molecule has 26 heavy (non-hydrogen) atoms. The van der Waals surface area contributed by atoms with Gasteiger partial charge in [-0.25, -0.2) is 4.98 Å². The quantitative estimate of drug-likeness (QED) is 0.343. The van der Waals surface area contributed by atoms with Crippen molar-refractivity contribution in [1.82, 2.24) is 4.98 Å². The van der Waals surface area contributed by atoms with Crippen LogP contribution in [0.25, 0.3) is 32.8 Å². The molecule has 0 fully saturated rings. The van der Waals surface area contributed by atoms with E-state index in [9.17, 15) is 0 Å². The highest BCUT2D eigenvalue weighted by molar-refractivity contribution is 9.10. The van der Waals surface area contributed by atoms with Crippen molar-refractivity contribution in [2.75, 3.05) is 0 Å². The van der Waals surface area contributed by atoms with Crippen LogP contribution >= 0.6 is 27.3 Å². The van der Waals surface area contributed by atoms with Gasteiger partial charge in [0.25, 0.3) is 0 Å². The van der Waals surface area contributed by atoms with E-state index in [0.29, 0.717) is 0 Å². The van der Waals surface area contributed by atoms with Gasteiger partial charge < -0.3 is 4.42 Å². The van der Waals surface area contributed by atoms with Crippen molar-refractivity contribution in [2.24, 2.45) is 5.92 Å². The summed E-state index contributed by atoms with van der Waals surface area (Å²) in [4.78, 5) is 7.68. The first-order valence-electron chi connectivity index (χ1n) is 8.94. The van der Waals surface area contributed by atoms with Crippen molar-refractivity contribution in [3.05, 3.63) is 63.6 Å². The molecule has 0 spiro atoms. The molecule has 0 N–H and O–H groups in total. The van der Waals surface area contributed by atoms with Crippen LogP contribution in [0.2, 0.25) is 0 Å². The first-order valence-corrected chi connectivity index (χ1v) is 10.5. The lowest BCUT2D eigenvalue weighted by molar-refractivity contribution is 0.509. The maximum Gasteiger partial charge on any atom is 0.134 e. The summed E-state index contributed by atoms with van der Waals surface area (Å²) in [6.07, 6.45) is 5.32. The summed E-state index contributed by atoms with van der Waals surface area (Å²) in [5.74, 6) is 1.68. The van der Waals surface area contributed by atoms with Crippen LogP contribution in [-0.4, -0.2) is 4.98 Å². The van der Waals surface area contributed by atoms with Crippen molar-refractivity contribution in [3.8, 4) is 22.6 Å². The molecule has 0 saturated heterocycles. The molecule has 0 bridgehead atoms. The second kappa shape index (κ2) is 6.36. The van der Waals surface area contributed by atoms with Crippen molar-refractivity contribution >= 4 is 37.5 Å². The number of thiophene rings is 1. The molecular formula is C22H18BrNOS. The minimum atomic E-state index is 0.758. The molecule has 5 rings (SSSR count). The monoisotopic (exact) mass is 423 g/mol. The molecule has 1 aliphatic rings. The number of hydrogen-bond donors (Lipinski definition) is 0. The number of fused-ring (bicyclic) bond motifs is 3. The van der Waals surface area contributed by atoms with Gasteiger partial charge in [-0.2, -0.15) is 0 Å². The van der Waals surface area contributed by atoms with Gasteiger partial charge >= 0.3 is 0 Å². The van der Waals surface area contributed by atoms with Crippen molar-refractivity contribution in [3.63, 3.8) is 0 Å². The number of rotatable bonds is 2. The first-order chi connectivity index (χ1) is 12.7. The zero-order chi connectivity index (χ0) is 17.7. The van der Waals surface area contributed by atoms with E-state index in [-0.39, 0.29) is 0 Å². The van der Waals surface area contributed by atoms with Gasteiger partial charge in [-0.15, -0.1) is 11.3 Å². The smallest absolute Gasteiger partial charge is 0.134 e. The molecule has 4 aromatic rings. The molecule has 1 unspecified atom stereocenters. The molecule has 4 heteroatoms. The predicted molar refractivity (Wildman–Crippen MR) is 112 cm³/mol. The van der Waals surface area contributed by atoms with E-state index < -0.39 is 0 Å². The highest BCUT2D eigenvalue weighted by Crippen LogP contribution is 2.43. The molecule has 0 radical (unpaired) electrons. The summed E-state index contributed by atoms with van der Waals surface area (Å²) in [5.41, 5.74) is 4.79. The Morgan fingerprint density at radius 2 is 2.04 bits per heavy atom. The van der Waals surface area contributed by atoms with Crippen LogP contribution < -0.4 is 0 Å². The zero-order valence-corrected chi connectivity index (χ0v) is 16.9. The van der Waals surface area contributed by atoms with Crippen molar-refractivity contribution in [1.29, 1.82) is 0 Å². The first kappa shape index (κ1) is 16.3. The van der Waals surface area contributed by atoms with Crippen LogP contribution in [-0.2, 0) is 12.8 Å². The summed E-state index contributed by atoms with van der Waals surface area (Å²) < 4.78 is 6.87. The van der Waals surface area contributed by atoms with Crippen LogP contribution in [0.3, 0.4) is 0 Å². The van der Waals surface area contributed by atoms with Crippen LogP contribution in [0.5, 0.6) is 0 Å². The largest absolute Gasteiger partial charge is 0.464 e. The fourth-order valence-electron chi connectivity index (χ4n) is 3.84. The lowest BCUT2D eigenvalue weighted by Gasteiger charge is -2.18. The lowest BCUT2D eigenvalue weighted by atomic mass is 9.88. The van der Waals surface area contributed by atoms with E-state index in [1.807, 2.05) is 17.4 Å². The fourth-order valence-corrected chi connectivity index (χ4v) is 5.51. The molecule has 1 aliphatic carbocycles. The van der Waals surface area contributed by atoms with Crippen LogP contribution in [0.1, 0.15) is 23.8 Å². The van der Waals surface area contributed by atoms with Crippen LogP contribution in [0.15, 0.2) is 57.6 Å². The number of aryl methyl sites for hydroxylation is 1. The second-order valence-corrected chi connectivity index (χ2v) is 9.07. The Labute approximate surface area is 165 Å². The zero-order valence-electron chi connectivity index (χ0n) is 14.5. The number of nitrogens with zero attached hydrogens (tertiary/aromatic N) is 1. The minimum absolute atomic E-state index is 0.758. The van der Waals surface area contributed by atoms with E-state index in [4.69, 9.17) is 9.40 Å². The van der Waals surface area contributed by atoms with E-state index in [1.165, 1.54) is 34.2 Å². The Bertz CT molecular complexity index is 1080. The number of furan rings is 1. The van der Waals surface area contributed by atoms with Gasteiger partial charge in [-0.3, -0.25) is 0 Å². The van der Waals surface area contributed by atoms with Crippen molar-refractivity contribution < 1.29 is 4.42 Å². The third kappa shape index (κ3) is 2.72. The van der Waals surface area contributed by atoms with Gasteiger partial charge in [0.05, 0.1) is 12.0 Å². The topological polar surface area (TPSA) is 26.0 Å². The molecule has 1 aromatic carbocycles. The maximum atomic E-state index is 5.79. The number of hydrogen-bond acceptors (Lipinski definition) is 3. The van der Waals surface area contributed by atoms with Gasteiger partial charge in [0.15, 0.2) is 0 Å². The molecule has 2 nitrogen and oxygen atoms in total. The molecule has 1 atom stereocenters. The summed E-state index contributed by atoms with van der Waals surface area (Å²) in [5, 5.41) is 1.30. The third-order valence-corrected chi connectivity index (χ3v) is 6.87. The highest BCUT2D eigenvalue weighted by atomic mass is 79.9. The average Bonchev–Trinajstić information content (AvgIpc) is 3.28. The molecular weight excluding hydrogens is 406 g/mol. The fraction of sp³-hybridized carbons (Fsp3) is 0.227. The van der Waals surface area contributed by atoms with E-state index in [0.717, 1.165) is 38.7 Å². The predicted octanol–water partition coefficient (Wildman–Crippen LogP) is 7.11. The molecule has 3 aromatic heterocycles. The summed E-state index contributed by atoms with van der Waals surface area (Å²) in [7, 11) is 0. The van der Waals surface area contributed by atoms with Crippen LogP contribution in [0.4, 0.5) is 0 Å². The normalized spacial score (nSPS) is 16.8. The lowest BCUT2D eigenvalue weighted by Crippen LogP contribution is -2.08. The van der Waals surface area contributed by atoms with Gasteiger partial charge in [0.2, 0.25) is 0 Å². The SMILES string of the molecule is CC1CCc2c(sc3nc(-c4ccc(Br)cc4)cc(-c4ccco4)c23)C1. The Morgan fingerprint density at radius 1 is 1.19 bits per heavy atom. The molecule has 0 aliphatic heterocycles. The second-order valence-electron chi connectivity index (χ2n) is 7.07. The Hall–Kier alpha value is -1.91. The molecule has 0 saturated carbocycles. The standard InChI is InChI=1S/C22H18BrNOS/c1-13-4-9-16-20(11-13)26-22-21(16)17(19-3-2-10-25-19)12-18(24-22)14-5-7-15(23)8-6-14/h2-3,5-8,10,12-13H,4,9,11H2,1H3. The Balaban J connectivity index is 1.78. The maximum absolute atomic E-state index is 5.79. The average molecular weight is 424 g/mol. The van der Waals surface area contributed by atoms with E-state index in [1.54, 1.807) is 6.26 Å². The summed E-state index contributed by atoms with van der Waals surface area (Å²) in [6, 6.07) is 14.6. The van der Waals surface area contributed by atoms with Gasteiger partial charge in [0.1, 0.15) is 10.6 Å². The third-order valence-electron chi connectivity index (χ3n) is 5.19. The minimum Gasteiger partial charge on any atom is -0.464 e. The number of aromatic nitrogens is 1. The Morgan fingerprint density at radius 3 is 2.81 bits per heavy atom. The van der Waals surface area contributed by atoms with Gasteiger partial charge in [-0.05, 0) is 61.1 Å². The van der Waals surface area contributed by atoms with Crippen LogP contribution in [0, 0.1) is 5.92 Å². The van der Waals surface area contributed by atoms with E-state index >= 15 is 0 Å². The highest BCUT2D eigenvalue weighted by Gasteiger charge is 2.24. The Kier molecular flexibility index (Phi) is 3.98. The molecule has 3 heterocycles. The van der Waals surface area contributed by atoms with E-state index in [2.05, 4.69) is 59.3 Å². The number of benzene rings is 1. The van der Waals surface area contributed by atoms with Gasteiger partial charge in [-0.1, -0.05) is 35.0 Å². The molecule has 0 amide bonds. The summed E-state index contributed by atoms with van der Waals surface area (Å²) in [6.45, 7) is 2.35. The van der Waals surface area contributed by atoms with Crippen molar-refractivity contribution in [2.45, 2.75) is 26.2 Å². The number of pyridine rings is 1. The van der Waals surface area contributed by atoms with Gasteiger partial charge in [0, 0.05) is 25.9 Å². The number of halogens is 1. The summed E-state index contributed by atoms with van der Waals surface area (Å²) >= 11 is 5.38. The molecule has 130 valence electrons.